The van der Waals surface area contributed by atoms with E-state index in [0.717, 1.165) is 22.6 Å². The number of hydrogen-bond donors (Lipinski definition) is 1. The summed E-state index contributed by atoms with van der Waals surface area (Å²) >= 11 is 0. The number of rotatable bonds is 9. The monoisotopic (exact) mass is 453 g/mol. The molecule has 0 aliphatic carbocycles. The van der Waals surface area contributed by atoms with Gasteiger partial charge in [0.25, 0.3) is 0 Å². The zero-order valence-corrected chi connectivity index (χ0v) is 18.6. The van der Waals surface area contributed by atoms with Crippen LogP contribution in [0.15, 0.2) is 66.7 Å². The van der Waals surface area contributed by atoms with Crippen LogP contribution in [0.4, 0.5) is 0 Å². The predicted molar refractivity (Wildman–Crippen MR) is 125 cm³/mol. The molecule has 6 nitrogen and oxygen atoms in total. The average Bonchev–Trinajstić information content (AvgIpc) is 3.17. The standard InChI is InChI=1S/C25H27NO5S/c27-16-21-7-2-4-11-25(21)31-17-23(28)15-26(22-12-13-32(29,30)18-22)14-20-9-5-8-19-6-1-3-10-24(19)20/h1-11,16,22-23,28H,12-15,17-18H2. The van der Waals surface area contributed by atoms with Crippen LogP contribution in [-0.2, 0) is 16.4 Å². The van der Waals surface area contributed by atoms with E-state index in [4.69, 9.17) is 4.74 Å². The third-order valence-electron chi connectivity index (χ3n) is 5.90. The van der Waals surface area contributed by atoms with Gasteiger partial charge in [0.2, 0.25) is 0 Å². The van der Waals surface area contributed by atoms with Gasteiger partial charge < -0.3 is 9.84 Å². The molecule has 4 rings (SSSR count). The van der Waals surface area contributed by atoms with E-state index in [1.54, 1.807) is 24.3 Å². The molecule has 2 atom stereocenters. The zero-order valence-electron chi connectivity index (χ0n) is 17.8. The molecule has 0 aromatic heterocycles. The summed E-state index contributed by atoms with van der Waals surface area (Å²) in [6.07, 6.45) is 0.431. The fourth-order valence-electron chi connectivity index (χ4n) is 4.27. The molecular weight excluding hydrogens is 426 g/mol. The van der Waals surface area contributed by atoms with Gasteiger partial charge in [0, 0.05) is 19.1 Å². The van der Waals surface area contributed by atoms with Gasteiger partial charge in [-0.05, 0) is 34.9 Å². The largest absolute Gasteiger partial charge is 0.490 e. The number of nitrogens with zero attached hydrogens (tertiary/aromatic N) is 1. The number of aliphatic hydroxyl groups is 1. The number of sulfone groups is 1. The first-order chi connectivity index (χ1) is 15.4. The Balaban J connectivity index is 1.51. The van der Waals surface area contributed by atoms with Crippen LogP contribution >= 0.6 is 0 Å². The van der Waals surface area contributed by atoms with Crippen LogP contribution in [0.1, 0.15) is 22.3 Å². The molecule has 1 heterocycles. The van der Waals surface area contributed by atoms with E-state index in [1.807, 2.05) is 29.2 Å². The SMILES string of the molecule is O=Cc1ccccc1OCC(O)CN(Cc1cccc2ccccc12)C1CCS(=O)(=O)C1. The first-order valence-corrected chi connectivity index (χ1v) is 12.5. The second kappa shape index (κ2) is 9.81. The minimum Gasteiger partial charge on any atom is -0.490 e. The maximum atomic E-state index is 12.1. The van der Waals surface area contributed by atoms with Crippen LogP contribution in [0.25, 0.3) is 10.8 Å². The summed E-state index contributed by atoms with van der Waals surface area (Å²) in [5.41, 5.74) is 1.51. The second-order valence-corrected chi connectivity index (χ2v) is 10.5. The number of ether oxygens (including phenoxy) is 1. The quantitative estimate of drug-likeness (QED) is 0.502. The molecule has 3 aromatic carbocycles. The smallest absolute Gasteiger partial charge is 0.153 e. The van der Waals surface area contributed by atoms with Gasteiger partial charge in [-0.1, -0.05) is 54.6 Å². The molecule has 1 N–H and O–H groups in total. The number of fused-ring (bicyclic) bond motifs is 1. The minimum absolute atomic E-state index is 0.0103. The molecule has 2 unspecified atom stereocenters. The van der Waals surface area contributed by atoms with Gasteiger partial charge in [0.05, 0.1) is 17.1 Å². The summed E-state index contributed by atoms with van der Waals surface area (Å²) < 4.78 is 29.9. The summed E-state index contributed by atoms with van der Waals surface area (Å²) in [6, 6.07) is 20.9. The number of carbonyl (C=O) groups excluding carboxylic acids is 1. The molecule has 0 saturated carbocycles. The molecule has 0 spiro atoms. The number of aldehydes is 1. The summed E-state index contributed by atoms with van der Waals surface area (Å²) in [6.45, 7) is 0.812. The van der Waals surface area contributed by atoms with Gasteiger partial charge in [0.15, 0.2) is 16.1 Å². The topological polar surface area (TPSA) is 83.9 Å². The van der Waals surface area contributed by atoms with E-state index in [0.29, 0.717) is 24.3 Å². The summed E-state index contributed by atoms with van der Waals surface area (Å²) in [4.78, 5) is 13.2. The fourth-order valence-corrected chi connectivity index (χ4v) is 6.04. The molecule has 1 fully saturated rings. The van der Waals surface area contributed by atoms with Gasteiger partial charge in [-0.2, -0.15) is 0 Å². The zero-order chi connectivity index (χ0) is 22.6. The van der Waals surface area contributed by atoms with Gasteiger partial charge in [0.1, 0.15) is 18.5 Å². The predicted octanol–water partition coefficient (Wildman–Crippen LogP) is 3.08. The summed E-state index contributed by atoms with van der Waals surface area (Å²) in [5, 5.41) is 13.0. The van der Waals surface area contributed by atoms with Gasteiger partial charge in [-0.15, -0.1) is 0 Å². The third kappa shape index (κ3) is 5.35. The maximum absolute atomic E-state index is 12.1. The molecular formula is C25H27NO5S. The third-order valence-corrected chi connectivity index (χ3v) is 7.65. The number of carbonyl (C=O) groups is 1. The van der Waals surface area contributed by atoms with Crippen molar-refractivity contribution >= 4 is 26.9 Å². The van der Waals surface area contributed by atoms with Crippen molar-refractivity contribution in [2.45, 2.75) is 25.1 Å². The van der Waals surface area contributed by atoms with Crippen molar-refractivity contribution in [2.75, 3.05) is 24.7 Å². The molecule has 3 aromatic rings. The fraction of sp³-hybridized carbons (Fsp3) is 0.320. The lowest BCUT2D eigenvalue weighted by Crippen LogP contribution is -2.42. The molecule has 32 heavy (non-hydrogen) atoms. The van der Waals surface area contributed by atoms with Crippen LogP contribution in [0.5, 0.6) is 5.75 Å². The molecule has 0 radical (unpaired) electrons. The highest BCUT2D eigenvalue weighted by Crippen LogP contribution is 2.25. The van der Waals surface area contributed by atoms with Crippen LogP contribution in [0, 0.1) is 0 Å². The van der Waals surface area contributed by atoms with E-state index >= 15 is 0 Å². The van der Waals surface area contributed by atoms with Crippen molar-refractivity contribution < 1.29 is 23.1 Å². The van der Waals surface area contributed by atoms with E-state index in [1.165, 1.54) is 0 Å². The van der Waals surface area contributed by atoms with Crippen molar-refractivity contribution in [3.05, 3.63) is 77.9 Å². The Morgan fingerprint density at radius 3 is 2.59 bits per heavy atom. The van der Waals surface area contributed by atoms with Crippen LogP contribution in [-0.4, -0.2) is 61.5 Å². The van der Waals surface area contributed by atoms with Crippen molar-refractivity contribution in [3.63, 3.8) is 0 Å². The maximum Gasteiger partial charge on any atom is 0.153 e. The second-order valence-electron chi connectivity index (χ2n) is 8.25. The molecule has 0 bridgehead atoms. The van der Waals surface area contributed by atoms with Crippen molar-refractivity contribution in [1.29, 1.82) is 0 Å². The average molecular weight is 454 g/mol. The lowest BCUT2D eigenvalue weighted by molar-refractivity contribution is 0.0523. The molecule has 7 heteroatoms. The van der Waals surface area contributed by atoms with Gasteiger partial charge >= 0.3 is 0 Å². The molecule has 168 valence electrons. The Kier molecular flexibility index (Phi) is 6.89. The van der Waals surface area contributed by atoms with Crippen LogP contribution in [0.3, 0.4) is 0 Å². The first kappa shape index (κ1) is 22.5. The van der Waals surface area contributed by atoms with Crippen LogP contribution < -0.4 is 4.74 Å². The Labute approximate surface area is 188 Å². The van der Waals surface area contributed by atoms with Crippen molar-refractivity contribution in [1.82, 2.24) is 4.90 Å². The van der Waals surface area contributed by atoms with Crippen molar-refractivity contribution in [2.24, 2.45) is 0 Å². The van der Waals surface area contributed by atoms with Crippen LogP contribution in [0.2, 0.25) is 0 Å². The summed E-state index contributed by atoms with van der Waals surface area (Å²) in [5.74, 6) is 0.688. The molecule has 1 saturated heterocycles. The highest BCUT2D eigenvalue weighted by Gasteiger charge is 2.33. The van der Waals surface area contributed by atoms with E-state index in [9.17, 15) is 18.3 Å². The number of hydrogen-bond acceptors (Lipinski definition) is 6. The number of para-hydroxylation sites is 1. The summed E-state index contributed by atoms with van der Waals surface area (Å²) in [7, 11) is -3.07. The van der Waals surface area contributed by atoms with Crippen molar-refractivity contribution in [3.8, 4) is 5.75 Å². The molecule has 1 aliphatic heterocycles. The highest BCUT2D eigenvalue weighted by atomic mass is 32.2. The Morgan fingerprint density at radius 1 is 1.06 bits per heavy atom. The van der Waals surface area contributed by atoms with Gasteiger partial charge in [-0.3, -0.25) is 9.69 Å². The van der Waals surface area contributed by atoms with E-state index in [2.05, 4.69) is 18.2 Å². The van der Waals surface area contributed by atoms with E-state index in [-0.39, 0.29) is 30.7 Å². The molecule has 1 aliphatic rings. The Bertz CT molecular complexity index is 1190. The number of benzene rings is 3. The highest BCUT2D eigenvalue weighted by molar-refractivity contribution is 7.91. The lowest BCUT2D eigenvalue weighted by atomic mass is 10.0. The normalized spacial score (nSPS) is 18.6. The Hall–Kier alpha value is -2.74. The van der Waals surface area contributed by atoms with Gasteiger partial charge in [-0.25, -0.2) is 8.42 Å². The lowest BCUT2D eigenvalue weighted by Gasteiger charge is -2.30. The minimum atomic E-state index is -3.07. The Morgan fingerprint density at radius 2 is 1.81 bits per heavy atom. The first-order valence-electron chi connectivity index (χ1n) is 10.7. The number of aliphatic hydroxyl groups excluding tert-OH is 1. The molecule has 0 amide bonds. The van der Waals surface area contributed by atoms with E-state index < -0.39 is 15.9 Å².